The molecule has 3 N–H and O–H groups in total. The number of carbonyl (C=O) groups excluding carboxylic acids is 1. The third kappa shape index (κ3) is 4.35. The third-order valence-corrected chi connectivity index (χ3v) is 6.06. The van der Waals surface area contributed by atoms with E-state index < -0.39 is 30.1 Å². The molecule has 1 aliphatic heterocycles. The lowest BCUT2D eigenvalue weighted by atomic mass is 10.0. The maximum atomic E-state index is 13.0. The largest absolute Gasteiger partial charge is 0.480 e. The molecule has 152 valence electrons. The first-order valence-electron chi connectivity index (χ1n) is 9.96. The minimum Gasteiger partial charge on any atom is -0.480 e. The van der Waals surface area contributed by atoms with E-state index in [4.69, 9.17) is 0 Å². The van der Waals surface area contributed by atoms with E-state index in [0.717, 1.165) is 24.8 Å². The maximum absolute atomic E-state index is 13.0. The van der Waals surface area contributed by atoms with Gasteiger partial charge in [0.2, 0.25) is 5.91 Å². The van der Waals surface area contributed by atoms with Crippen LogP contribution in [0.25, 0.3) is 0 Å². The zero-order chi connectivity index (χ0) is 20.3. The van der Waals surface area contributed by atoms with Gasteiger partial charge in [-0.3, -0.25) is 14.9 Å². The molecule has 1 aromatic carbocycles. The van der Waals surface area contributed by atoms with Crippen LogP contribution in [0.1, 0.15) is 44.6 Å². The molecule has 3 rings (SSSR count). The number of nitrogens with zero attached hydrogens (tertiary/aromatic N) is 1. The summed E-state index contributed by atoms with van der Waals surface area (Å²) in [6.45, 7) is 1.63. The van der Waals surface area contributed by atoms with Crippen LogP contribution < -0.4 is 5.32 Å². The fourth-order valence-corrected chi connectivity index (χ4v) is 4.66. The highest BCUT2D eigenvalue weighted by Crippen LogP contribution is 2.41. The minimum atomic E-state index is -1.01. The second-order valence-electron chi connectivity index (χ2n) is 7.90. The van der Waals surface area contributed by atoms with Gasteiger partial charge in [0.05, 0.1) is 6.04 Å². The summed E-state index contributed by atoms with van der Waals surface area (Å²) >= 11 is 0. The molecule has 0 spiro atoms. The highest BCUT2D eigenvalue weighted by Gasteiger charge is 2.49. The van der Waals surface area contributed by atoms with Crippen molar-refractivity contribution >= 4 is 17.8 Å². The Kier molecular flexibility index (Phi) is 6.34. The number of amides is 1. The lowest BCUT2D eigenvalue weighted by Gasteiger charge is -2.31. The fourth-order valence-electron chi connectivity index (χ4n) is 4.66. The molecule has 0 radical (unpaired) electrons. The van der Waals surface area contributed by atoms with Gasteiger partial charge >= 0.3 is 11.9 Å². The lowest BCUT2D eigenvalue weighted by molar-refractivity contribution is -0.151. The topological polar surface area (TPSA) is 107 Å². The number of benzene rings is 1. The predicted octanol–water partition coefficient (Wildman–Crippen LogP) is 1.90. The average Bonchev–Trinajstić information content (AvgIpc) is 3.26. The molecule has 1 heterocycles. The molecule has 1 aromatic rings. The summed E-state index contributed by atoms with van der Waals surface area (Å²) in [4.78, 5) is 37.9. The normalized spacial score (nSPS) is 25.9. The SMILES string of the molecule is CC(N[C@@H](CCc1ccccc1)C(=O)O)C(=O)N1[C@H](C(=O)O)C[C@@H]2CCC[C@@H]21. The maximum Gasteiger partial charge on any atom is 0.326 e. The number of carboxylic acids is 2. The molecule has 1 amide bonds. The van der Waals surface area contributed by atoms with Crippen LogP contribution in [0.5, 0.6) is 0 Å². The highest BCUT2D eigenvalue weighted by molar-refractivity contribution is 5.88. The second-order valence-corrected chi connectivity index (χ2v) is 7.90. The molecule has 1 unspecified atom stereocenters. The van der Waals surface area contributed by atoms with Crippen molar-refractivity contribution in [3.8, 4) is 0 Å². The van der Waals surface area contributed by atoms with Gasteiger partial charge in [-0.25, -0.2) is 4.79 Å². The fraction of sp³-hybridized carbons (Fsp3) is 0.571. The van der Waals surface area contributed by atoms with E-state index in [2.05, 4.69) is 5.32 Å². The van der Waals surface area contributed by atoms with E-state index >= 15 is 0 Å². The second kappa shape index (κ2) is 8.73. The van der Waals surface area contributed by atoms with E-state index in [0.29, 0.717) is 19.3 Å². The number of fused-ring (bicyclic) bond motifs is 1. The Bertz CT molecular complexity index is 723. The lowest BCUT2D eigenvalue weighted by Crippen LogP contribution is -2.55. The Morgan fingerprint density at radius 1 is 1.18 bits per heavy atom. The Labute approximate surface area is 164 Å². The number of carbonyl (C=O) groups is 3. The Morgan fingerprint density at radius 2 is 1.89 bits per heavy atom. The molecule has 0 aromatic heterocycles. The van der Waals surface area contributed by atoms with Crippen molar-refractivity contribution in [3.05, 3.63) is 35.9 Å². The first-order valence-corrected chi connectivity index (χ1v) is 9.96. The molecular formula is C21H28N2O5. The van der Waals surface area contributed by atoms with Crippen LogP contribution in [0.15, 0.2) is 30.3 Å². The molecule has 0 bridgehead atoms. The Balaban J connectivity index is 1.65. The average molecular weight is 388 g/mol. The van der Waals surface area contributed by atoms with Crippen molar-refractivity contribution in [2.24, 2.45) is 5.92 Å². The van der Waals surface area contributed by atoms with Gasteiger partial charge in [-0.2, -0.15) is 0 Å². The Morgan fingerprint density at radius 3 is 2.54 bits per heavy atom. The molecule has 28 heavy (non-hydrogen) atoms. The smallest absolute Gasteiger partial charge is 0.326 e. The first-order chi connectivity index (χ1) is 13.4. The summed E-state index contributed by atoms with van der Waals surface area (Å²) in [5.41, 5.74) is 1.04. The summed E-state index contributed by atoms with van der Waals surface area (Å²) in [5, 5.41) is 22.0. The highest BCUT2D eigenvalue weighted by atomic mass is 16.4. The van der Waals surface area contributed by atoms with E-state index in [1.807, 2.05) is 30.3 Å². The van der Waals surface area contributed by atoms with Crippen LogP contribution >= 0.6 is 0 Å². The van der Waals surface area contributed by atoms with Crippen molar-refractivity contribution < 1.29 is 24.6 Å². The molecular weight excluding hydrogens is 360 g/mol. The van der Waals surface area contributed by atoms with Crippen LogP contribution in [0, 0.1) is 5.92 Å². The summed E-state index contributed by atoms with van der Waals surface area (Å²) in [6, 6.07) is 7.13. The van der Waals surface area contributed by atoms with Gasteiger partial charge < -0.3 is 15.1 Å². The monoisotopic (exact) mass is 388 g/mol. The van der Waals surface area contributed by atoms with Crippen molar-refractivity contribution in [1.29, 1.82) is 0 Å². The van der Waals surface area contributed by atoms with Gasteiger partial charge in [0.15, 0.2) is 0 Å². The van der Waals surface area contributed by atoms with Crippen molar-refractivity contribution in [2.45, 2.75) is 69.6 Å². The first kappa shape index (κ1) is 20.3. The van der Waals surface area contributed by atoms with Crippen LogP contribution in [0.2, 0.25) is 0 Å². The van der Waals surface area contributed by atoms with Gasteiger partial charge in [0.25, 0.3) is 0 Å². The standard InChI is InChI=1S/C21H28N2O5/c1-13(22-16(20(25)26)11-10-14-6-3-2-4-7-14)19(24)23-17-9-5-8-15(17)12-18(23)21(27)28/h2-4,6-7,13,15-18,22H,5,8-12H2,1H3,(H,25,26)(H,27,28)/t13?,15-,16-,17-,18-/m0/s1. The summed E-state index contributed by atoms with van der Waals surface area (Å²) in [5.74, 6) is -2.06. The van der Waals surface area contributed by atoms with E-state index in [-0.39, 0.29) is 17.9 Å². The van der Waals surface area contributed by atoms with Crippen molar-refractivity contribution in [3.63, 3.8) is 0 Å². The number of nitrogens with one attached hydrogen (secondary N) is 1. The van der Waals surface area contributed by atoms with Crippen LogP contribution in [0.3, 0.4) is 0 Å². The van der Waals surface area contributed by atoms with E-state index in [9.17, 15) is 24.6 Å². The molecule has 7 nitrogen and oxygen atoms in total. The van der Waals surface area contributed by atoms with Crippen molar-refractivity contribution in [2.75, 3.05) is 0 Å². The number of aliphatic carboxylic acids is 2. The van der Waals surface area contributed by atoms with Gasteiger partial charge in [0, 0.05) is 6.04 Å². The summed E-state index contributed by atoms with van der Waals surface area (Å²) < 4.78 is 0. The number of rotatable bonds is 8. The predicted molar refractivity (Wildman–Crippen MR) is 103 cm³/mol. The van der Waals surface area contributed by atoms with Crippen LogP contribution in [-0.2, 0) is 20.8 Å². The summed E-state index contributed by atoms with van der Waals surface area (Å²) in [7, 11) is 0. The molecule has 2 fully saturated rings. The number of hydrogen-bond acceptors (Lipinski definition) is 4. The summed E-state index contributed by atoms with van der Waals surface area (Å²) in [6.07, 6.45) is 4.21. The van der Waals surface area contributed by atoms with Gasteiger partial charge in [-0.15, -0.1) is 0 Å². The molecule has 7 heteroatoms. The number of aryl methyl sites for hydroxylation is 1. The molecule has 1 saturated carbocycles. The van der Waals surface area contributed by atoms with E-state index in [1.54, 1.807) is 6.92 Å². The molecule has 5 atom stereocenters. The Hall–Kier alpha value is -2.41. The molecule has 1 aliphatic carbocycles. The molecule has 2 aliphatic rings. The van der Waals surface area contributed by atoms with Crippen molar-refractivity contribution in [1.82, 2.24) is 10.2 Å². The van der Waals surface area contributed by atoms with Crippen LogP contribution in [-0.4, -0.2) is 57.1 Å². The number of likely N-dealkylation sites (tertiary alicyclic amines) is 1. The van der Waals surface area contributed by atoms with Gasteiger partial charge in [-0.05, 0) is 50.5 Å². The minimum absolute atomic E-state index is 0.0366. The zero-order valence-corrected chi connectivity index (χ0v) is 16.1. The number of hydrogen-bond donors (Lipinski definition) is 3. The quantitative estimate of drug-likeness (QED) is 0.628. The number of carboxylic acid groups (broad SMARTS) is 2. The van der Waals surface area contributed by atoms with Gasteiger partial charge in [-0.1, -0.05) is 36.8 Å². The zero-order valence-electron chi connectivity index (χ0n) is 16.1. The third-order valence-electron chi connectivity index (χ3n) is 6.06. The van der Waals surface area contributed by atoms with Crippen LogP contribution in [0.4, 0.5) is 0 Å². The van der Waals surface area contributed by atoms with E-state index in [1.165, 1.54) is 4.90 Å². The van der Waals surface area contributed by atoms with Gasteiger partial charge in [0.1, 0.15) is 12.1 Å². The molecule has 1 saturated heterocycles.